The van der Waals surface area contributed by atoms with Gasteiger partial charge in [-0.15, -0.1) is 0 Å². The van der Waals surface area contributed by atoms with Crippen LogP contribution in [-0.4, -0.2) is 35.0 Å². The monoisotopic (exact) mass is 371 g/mol. The van der Waals surface area contributed by atoms with E-state index in [1.165, 1.54) is 12.1 Å². The third-order valence-corrected chi connectivity index (χ3v) is 4.70. The van der Waals surface area contributed by atoms with E-state index in [0.717, 1.165) is 0 Å². The van der Waals surface area contributed by atoms with Gasteiger partial charge >= 0.3 is 6.03 Å². The molecule has 0 spiro atoms. The Balaban J connectivity index is 1.47. The van der Waals surface area contributed by atoms with Crippen molar-refractivity contribution in [3.63, 3.8) is 0 Å². The number of hydrogen-bond acceptors (Lipinski definition) is 3. The van der Waals surface area contributed by atoms with E-state index in [1.54, 1.807) is 41.3 Å². The number of carbonyl (C=O) groups excluding carboxylic acids is 2. The molecule has 2 aromatic rings. The van der Waals surface area contributed by atoms with Crippen molar-refractivity contribution in [3.05, 3.63) is 59.9 Å². The number of para-hydroxylation sites is 2. The third-order valence-electron chi connectivity index (χ3n) is 4.70. The quantitative estimate of drug-likeness (QED) is 0.723. The number of hydrogen-bond donors (Lipinski definition) is 3. The van der Waals surface area contributed by atoms with Crippen molar-refractivity contribution in [1.82, 2.24) is 10.2 Å². The molecule has 3 amide bonds. The molecule has 27 heavy (non-hydrogen) atoms. The maximum Gasteiger partial charge on any atom is 0.317 e. The van der Waals surface area contributed by atoms with Gasteiger partial charge in [0.05, 0.1) is 5.69 Å². The number of amides is 3. The van der Waals surface area contributed by atoms with Crippen molar-refractivity contribution in [2.24, 2.45) is 5.92 Å². The average molecular weight is 371 g/mol. The number of benzene rings is 2. The van der Waals surface area contributed by atoms with Crippen LogP contribution in [0, 0.1) is 11.7 Å². The first-order chi connectivity index (χ1) is 13.0. The number of aromatic hydroxyl groups is 1. The van der Waals surface area contributed by atoms with E-state index in [1.807, 2.05) is 0 Å². The van der Waals surface area contributed by atoms with Crippen LogP contribution in [0.25, 0.3) is 0 Å². The summed E-state index contributed by atoms with van der Waals surface area (Å²) in [6.07, 6.45) is 1.07. The van der Waals surface area contributed by atoms with Gasteiger partial charge in [-0.3, -0.25) is 4.79 Å². The highest BCUT2D eigenvalue weighted by Crippen LogP contribution is 2.24. The molecule has 0 aromatic heterocycles. The van der Waals surface area contributed by atoms with E-state index in [-0.39, 0.29) is 36.0 Å². The Morgan fingerprint density at radius 3 is 2.44 bits per heavy atom. The third kappa shape index (κ3) is 4.75. The Labute approximate surface area is 157 Å². The fourth-order valence-electron chi connectivity index (χ4n) is 3.08. The van der Waals surface area contributed by atoms with Crippen LogP contribution in [-0.2, 0) is 11.3 Å². The lowest BCUT2D eigenvalue weighted by Crippen LogP contribution is -2.45. The minimum atomic E-state index is -0.350. The van der Waals surface area contributed by atoms with Gasteiger partial charge in [-0.1, -0.05) is 30.3 Å². The van der Waals surface area contributed by atoms with E-state index in [0.29, 0.717) is 37.2 Å². The zero-order chi connectivity index (χ0) is 19.2. The van der Waals surface area contributed by atoms with Crippen LogP contribution in [0.3, 0.4) is 0 Å². The summed E-state index contributed by atoms with van der Waals surface area (Å²) in [5.74, 6) is -0.712. The number of nitrogens with zero attached hydrogens (tertiary/aromatic N) is 1. The number of nitrogens with one attached hydrogen (secondary N) is 2. The number of phenolic OH excluding ortho intramolecular Hbond substituents is 1. The molecule has 6 nitrogen and oxygen atoms in total. The summed E-state index contributed by atoms with van der Waals surface area (Å²) in [7, 11) is 0. The summed E-state index contributed by atoms with van der Waals surface area (Å²) in [4.78, 5) is 26.2. The predicted molar refractivity (Wildman–Crippen MR) is 99.7 cm³/mol. The van der Waals surface area contributed by atoms with Crippen LogP contribution in [0.1, 0.15) is 18.4 Å². The van der Waals surface area contributed by atoms with Gasteiger partial charge in [0, 0.05) is 31.1 Å². The second-order valence-electron chi connectivity index (χ2n) is 6.52. The van der Waals surface area contributed by atoms with E-state index >= 15 is 0 Å². The van der Waals surface area contributed by atoms with Crippen molar-refractivity contribution in [2.75, 3.05) is 18.4 Å². The topological polar surface area (TPSA) is 81.7 Å². The molecule has 3 rings (SSSR count). The summed E-state index contributed by atoms with van der Waals surface area (Å²) in [5, 5.41) is 15.2. The Morgan fingerprint density at radius 2 is 1.74 bits per heavy atom. The normalized spacial score (nSPS) is 14.6. The molecular formula is C20H22FN3O3. The molecule has 1 aliphatic rings. The van der Waals surface area contributed by atoms with Crippen molar-refractivity contribution in [3.8, 4) is 5.75 Å². The highest BCUT2D eigenvalue weighted by Gasteiger charge is 2.27. The van der Waals surface area contributed by atoms with E-state index < -0.39 is 0 Å². The van der Waals surface area contributed by atoms with Crippen molar-refractivity contribution in [1.29, 1.82) is 0 Å². The molecule has 3 N–H and O–H groups in total. The molecule has 0 saturated carbocycles. The number of anilines is 1. The molecular weight excluding hydrogens is 349 g/mol. The number of piperidine rings is 1. The van der Waals surface area contributed by atoms with Gasteiger partial charge < -0.3 is 20.6 Å². The molecule has 1 saturated heterocycles. The average Bonchev–Trinajstić information content (AvgIpc) is 2.69. The zero-order valence-corrected chi connectivity index (χ0v) is 14.8. The summed E-state index contributed by atoms with van der Waals surface area (Å²) >= 11 is 0. The van der Waals surface area contributed by atoms with Gasteiger partial charge in [-0.2, -0.15) is 0 Å². The van der Waals surface area contributed by atoms with Crippen molar-refractivity contribution >= 4 is 17.6 Å². The van der Waals surface area contributed by atoms with E-state index in [2.05, 4.69) is 10.6 Å². The van der Waals surface area contributed by atoms with Crippen LogP contribution in [0.2, 0.25) is 0 Å². The molecule has 0 aliphatic carbocycles. The van der Waals surface area contributed by atoms with Crippen LogP contribution in [0.15, 0.2) is 48.5 Å². The van der Waals surface area contributed by atoms with Crippen molar-refractivity contribution in [2.45, 2.75) is 19.4 Å². The highest BCUT2D eigenvalue weighted by atomic mass is 19.1. The minimum Gasteiger partial charge on any atom is -0.506 e. The lowest BCUT2D eigenvalue weighted by Gasteiger charge is -2.31. The number of likely N-dealkylation sites (tertiary alicyclic amines) is 1. The predicted octanol–water partition coefficient (Wildman–Crippen LogP) is 3.09. The Kier molecular flexibility index (Phi) is 5.90. The summed E-state index contributed by atoms with van der Waals surface area (Å²) in [5.41, 5.74) is 0.815. The molecule has 1 heterocycles. The fourth-order valence-corrected chi connectivity index (χ4v) is 3.08. The molecule has 1 aliphatic heterocycles. The van der Waals surface area contributed by atoms with Crippen LogP contribution in [0.4, 0.5) is 14.9 Å². The highest BCUT2D eigenvalue weighted by molar-refractivity contribution is 5.94. The molecule has 0 bridgehead atoms. The second kappa shape index (κ2) is 8.53. The van der Waals surface area contributed by atoms with E-state index in [9.17, 15) is 19.1 Å². The maximum absolute atomic E-state index is 13.6. The van der Waals surface area contributed by atoms with Crippen LogP contribution < -0.4 is 10.6 Å². The SMILES string of the molecule is O=C(Nc1ccccc1O)C1CCN(C(=O)NCc2ccccc2F)CC1. The lowest BCUT2D eigenvalue weighted by molar-refractivity contribution is -0.121. The first kappa shape index (κ1) is 18.7. The summed E-state index contributed by atoms with van der Waals surface area (Å²) in [6.45, 7) is 1.02. The lowest BCUT2D eigenvalue weighted by atomic mass is 9.96. The maximum atomic E-state index is 13.6. The molecule has 0 atom stereocenters. The first-order valence-corrected chi connectivity index (χ1v) is 8.89. The molecule has 142 valence electrons. The first-order valence-electron chi connectivity index (χ1n) is 8.89. The molecule has 1 fully saturated rings. The number of urea groups is 1. The second-order valence-corrected chi connectivity index (χ2v) is 6.52. The molecule has 0 radical (unpaired) electrons. The van der Waals surface area contributed by atoms with Gasteiger partial charge in [-0.25, -0.2) is 9.18 Å². The van der Waals surface area contributed by atoms with Gasteiger partial charge in [0.15, 0.2) is 0 Å². The molecule has 0 unspecified atom stereocenters. The fraction of sp³-hybridized carbons (Fsp3) is 0.300. The summed E-state index contributed by atoms with van der Waals surface area (Å²) < 4.78 is 13.6. The summed E-state index contributed by atoms with van der Waals surface area (Å²) in [6, 6.07) is 12.6. The van der Waals surface area contributed by atoms with E-state index in [4.69, 9.17) is 0 Å². The van der Waals surface area contributed by atoms with Gasteiger partial charge in [0.2, 0.25) is 5.91 Å². The number of rotatable bonds is 4. The smallest absolute Gasteiger partial charge is 0.317 e. The van der Waals surface area contributed by atoms with Gasteiger partial charge in [0.1, 0.15) is 11.6 Å². The van der Waals surface area contributed by atoms with Gasteiger partial charge in [-0.05, 0) is 31.0 Å². The molecule has 2 aromatic carbocycles. The Hall–Kier alpha value is -3.09. The van der Waals surface area contributed by atoms with Gasteiger partial charge in [0.25, 0.3) is 0 Å². The minimum absolute atomic E-state index is 0.0239. The number of carbonyl (C=O) groups is 2. The Bertz CT molecular complexity index is 820. The molecule has 7 heteroatoms. The number of phenols is 1. The number of halogens is 1. The van der Waals surface area contributed by atoms with Crippen LogP contribution >= 0.6 is 0 Å². The van der Waals surface area contributed by atoms with Crippen LogP contribution in [0.5, 0.6) is 5.75 Å². The van der Waals surface area contributed by atoms with Crippen molar-refractivity contribution < 1.29 is 19.1 Å². The Morgan fingerprint density at radius 1 is 1.07 bits per heavy atom. The largest absolute Gasteiger partial charge is 0.506 e. The standard InChI is InChI=1S/C20H22FN3O3/c21-16-6-2-1-5-15(16)13-22-20(27)24-11-9-14(10-12-24)19(26)23-17-7-3-4-8-18(17)25/h1-8,14,25H,9-13H2,(H,22,27)(H,23,26). The zero-order valence-electron chi connectivity index (χ0n) is 14.8.